The summed E-state index contributed by atoms with van der Waals surface area (Å²) < 4.78 is 0. The summed E-state index contributed by atoms with van der Waals surface area (Å²) >= 11 is 0. The van der Waals surface area contributed by atoms with E-state index in [2.05, 4.69) is 10.2 Å². The summed E-state index contributed by atoms with van der Waals surface area (Å²) in [6, 6.07) is 1.58. The van der Waals surface area contributed by atoms with Gasteiger partial charge in [-0.1, -0.05) is 38.5 Å². The molecule has 0 radical (unpaired) electrons. The van der Waals surface area contributed by atoms with Crippen LogP contribution < -0.4 is 5.32 Å². The first-order valence-corrected chi connectivity index (χ1v) is 9.48. The monoisotopic (exact) mass is 296 g/mol. The third-order valence-electron chi connectivity index (χ3n) is 5.35. The lowest BCUT2D eigenvalue weighted by Gasteiger charge is -2.34. The SMILES string of the molecule is OCCCN(CCCNC1CCCCC1)C1CCCCC1. The Morgan fingerprint density at radius 2 is 1.43 bits per heavy atom. The topological polar surface area (TPSA) is 35.5 Å². The summed E-state index contributed by atoms with van der Waals surface area (Å²) in [4.78, 5) is 2.66. The lowest BCUT2D eigenvalue weighted by atomic mass is 9.94. The summed E-state index contributed by atoms with van der Waals surface area (Å²) in [5, 5.41) is 12.9. The van der Waals surface area contributed by atoms with E-state index in [0.29, 0.717) is 6.61 Å². The zero-order valence-corrected chi connectivity index (χ0v) is 13.9. The standard InChI is InChI=1S/C18H36N2O/c21-16-8-15-20(18-11-5-2-6-12-18)14-7-13-19-17-9-3-1-4-10-17/h17-19,21H,1-16H2. The van der Waals surface area contributed by atoms with Crippen LogP contribution in [0.3, 0.4) is 0 Å². The minimum absolute atomic E-state index is 0.337. The Bertz CT molecular complexity index is 248. The van der Waals surface area contributed by atoms with E-state index in [0.717, 1.165) is 25.0 Å². The van der Waals surface area contributed by atoms with Gasteiger partial charge in [0.15, 0.2) is 0 Å². The Morgan fingerprint density at radius 3 is 2.10 bits per heavy atom. The summed E-state index contributed by atoms with van der Waals surface area (Å²) in [5.41, 5.74) is 0. The van der Waals surface area contributed by atoms with Crippen LogP contribution in [-0.2, 0) is 0 Å². The van der Waals surface area contributed by atoms with Crippen LogP contribution >= 0.6 is 0 Å². The third-order valence-corrected chi connectivity index (χ3v) is 5.35. The molecule has 2 saturated carbocycles. The molecule has 21 heavy (non-hydrogen) atoms. The van der Waals surface area contributed by atoms with Crippen molar-refractivity contribution in [1.82, 2.24) is 10.2 Å². The van der Waals surface area contributed by atoms with Crippen molar-refractivity contribution < 1.29 is 5.11 Å². The maximum Gasteiger partial charge on any atom is 0.0443 e. The van der Waals surface area contributed by atoms with Crippen molar-refractivity contribution in [2.75, 3.05) is 26.2 Å². The molecule has 0 unspecified atom stereocenters. The van der Waals surface area contributed by atoms with E-state index in [1.54, 1.807) is 0 Å². The van der Waals surface area contributed by atoms with Gasteiger partial charge >= 0.3 is 0 Å². The second-order valence-electron chi connectivity index (χ2n) is 7.05. The van der Waals surface area contributed by atoms with Crippen molar-refractivity contribution >= 4 is 0 Å². The highest BCUT2D eigenvalue weighted by molar-refractivity contribution is 4.77. The van der Waals surface area contributed by atoms with Gasteiger partial charge in [0.25, 0.3) is 0 Å². The quantitative estimate of drug-likeness (QED) is 0.641. The molecule has 0 saturated heterocycles. The highest BCUT2D eigenvalue weighted by Gasteiger charge is 2.20. The molecule has 2 N–H and O–H groups in total. The van der Waals surface area contributed by atoms with Crippen LogP contribution in [0.2, 0.25) is 0 Å². The Balaban J connectivity index is 1.63. The molecule has 2 aliphatic carbocycles. The van der Waals surface area contributed by atoms with Crippen molar-refractivity contribution in [2.45, 2.75) is 89.1 Å². The van der Waals surface area contributed by atoms with E-state index in [-0.39, 0.29) is 0 Å². The van der Waals surface area contributed by atoms with Crippen LogP contribution in [0, 0.1) is 0 Å². The molecule has 3 nitrogen and oxygen atoms in total. The second kappa shape index (κ2) is 10.6. The maximum atomic E-state index is 9.12. The minimum Gasteiger partial charge on any atom is -0.396 e. The number of aliphatic hydroxyl groups excluding tert-OH is 1. The van der Waals surface area contributed by atoms with Crippen LogP contribution in [0.1, 0.15) is 77.0 Å². The number of nitrogens with one attached hydrogen (secondary N) is 1. The predicted molar refractivity (Wildman–Crippen MR) is 89.6 cm³/mol. The van der Waals surface area contributed by atoms with E-state index in [1.165, 1.54) is 83.7 Å². The maximum absolute atomic E-state index is 9.12. The van der Waals surface area contributed by atoms with E-state index in [4.69, 9.17) is 5.11 Å². The van der Waals surface area contributed by atoms with Gasteiger partial charge in [0.05, 0.1) is 0 Å². The Hall–Kier alpha value is -0.120. The van der Waals surface area contributed by atoms with Gasteiger partial charge in [-0.15, -0.1) is 0 Å². The molecule has 0 amide bonds. The van der Waals surface area contributed by atoms with Gasteiger partial charge in [-0.2, -0.15) is 0 Å². The molecule has 0 aromatic heterocycles. The average molecular weight is 296 g/mol. The third kappa shape index (κ3) is 6.66. The summed E-state index contributed by atoms with van der Waals surface area (Å²) in [7, 11) is 0. The molecule has 0 aromatic rings. The van der Waals surface area contributed by atoms with Gasteiger partial charge < -0.3 is 15.3 Å². The molecule has 0 atom stereocenters. The molecule has 3 heteroatoms. The molecule has 2 aliphatic rings. The first kappa shape index (κ1) is 17.2. The van der Waals surface area contributed by atoms with Crippen LogP contribution in [0.4, 0.5) is 0 Å². The van der Waals surface area contributed by atoms with Crippen molar-refractivity contribution in [3.63, 3.8) is 0 Å². The van der Waals surface area contributed by atoms with Crippen molar-refractivity contribution in [3.05, 3.63) is 0 Å². The fraction of sp³-hybridized carbons (Fsp3) is 1.00. The molecule has 0 heterocycles. The first-order chi connectivity index (χ1) is 10.4. The average Bonchev–Trinajstić information content (AvgIpc) is 2.56. The zero-order valence-electron chi connectivity index (χ0n) is 13.9. The number of nitrogens with zero attached hydrogens (tertiary/aromatic N) is 1. The molecule has 2 fully saturated rings. The lowest BCUT2D eigenvalue weighted by Crippen LogP contribution is -2.40. The number of aliphatic hydroxyl groups is 1. The summed E-state index contributed by atoms with van der Waals surface area (Å²) in [5.74, 6) is 0. The van der Waals surface area contributed by atoms with Gasteiger partial charge in [-0.3, -0.25) is 0 Å². The molecule has 0 aliphatic heterocycles. The number of rotatable bonds is 9. The predicted octanol–water partition coefficient (Wildman–Crippen LogP) is 3.32. The van der Waals surface area contributed by atoms with Crippen LogP contribution in [0.25, 0.3) is 0 Å². The van der Waals surface area contributed by atoms with Crippen LogP contribution in [0.5, 0.6) is 0 Å². The minimum atomic E-state index is 0.337. The molecular weight excluding hydrogens is 260 g/mol. The Kier molecular flexibility index (Phi) is 8.68. The highest BCUT2D eigenvalue weighted by Crippen LogP contribution is 2.23. The first-order valence-electron chi connectivity index (χ1n) is 9.48. The molecule has 2 rings (SSSR count). The number of hydrogen-bond acceptors (Lipinski definition) is 3. The zero-order chi connectivity index (χ0) is 14.8. The molecule has 124 valence electrons. The Labute approximate surface area is 131 Å². The van der Waals surface area contributed by atoms with E-state index >= 15 is 0 Å². The van der Waals surface area contributed by atoms with Crippen molar-refractivity contribution in [3.8, 4) is 0 Å². The molecular formula is C18H36N2O. The summed E-state index contributed by atoms with van der Waals surface area (Å²) in [6.07, 6.45) is 16.2. The van der Waals surface area contributed by atoms with Crippen LogP contribution in [0.15, 0.2) is 0 Å². The normalized spacial score (nSPS) is 22.0. The number of hydrogen-bond donors (Lipinski definition) is 2. The summed E-state index contributed by atoms with van der Waals surface area (Å²) in [6.45, 7) is 3.81. The molecule has 0 aromatic carbocycles. The second-order valence-corrected chi connectivity index (χ2v) is 7.05. The van der Waals surface area contributed by atoms with E-state index in [9.17, 15) is 0 Å². The molecule has 0 spiro atoms. The highest BCUT2D eigenvalue weighted by atomic mass is 16.3. The van der Waals surface area contributed by atoms with Crippen molar-refractivity contribution in [2.24, 2.45) is 0 Å². The smallest absolute Gasteiger partial charge is 0.0443 e. The van der Waals surface area contributed by atoms with Gasteiger partial charge in [-0.25, -0.2) is 0 Å². The fourth-order valence-electron chi connectivity index (χ4n) is 4.09. The lowest BCUT2D eigenvalue weighted by molar-refractivity contribution is 0.139. The largest absolute Gasteiger partial charge is 0.396 e. The Morgan fingerprint density at radius 1 is 0.810 bits per heavy atom. The van der Waals surface area contributed by atoms with Gasteiger partial charge in [0, 0.05) is 25.2 Å². The van der Waals surface area contributed by atoms with Crippen LogP contribution in [-0.4, -0.2) is 48.3 Å². The van der Waals surface area contributed by atoms with E-state index in [1.807, 2.05) is 0 Å². The molecule has 0 bridgehead atoms. The van der Waals surface area contributed by atoms with Gasteiger partial charge in [0.1, 0.15) is 0 Å². The van der Waals surface area contributed by atoms with Gasteiger partial charge in [0.2, 0.25) is 0 Å². The van der Waals surface area contributed by atoms with Gasteiger partial charge in [-0.05, 0) is 51.6 Å². The van der Waals surface area contributed by atoms with E-state index < -0.39 is 0 Å². The van der Waals surface area contributed by atoms with Crippen molar-refractivity contribution in [1.29, 1.82) is 0 Å². The fourth-order valence-corrected chi connectivity index (χ4v) is 4.09.